The summed E-state index contributed by atoms with van der Waals surface area (Å²) in [7, 11) is 1.97. The molecule has 5 rings (SSSR count). The van der Waals surface area contributed by atoms with Gasteiger partial charge in [0.15, 0.2) is 5.16 Å². The minimum absolute atomic E-state index is 0.446. The van der Waals surface area contributed by atoms with Gasteiger partial charge in [0.25, 0.3) is 0 Å². The van der Waals surface area contributed by atoms with Gasteiger partial charge in [-0.25, -0.2) is 0 Å². The predicted molar refractivity (Wildman–Crippen MR) is 72.2 cm³/mol. The number of thioether (sulfide) groups is 1. The first kappa shape index (κ1) is 11.1. The summed E-state index contributed by atoms with van der Waals surface area (Å²) in [5, 5.41) is 9.24. The van der Waals surface area contributed by atoms with E-state index in [0.29, 0.717) is 10.7 Å². The van der Waals surface area contributed by atoms with Crippen LogP contribution in [-0.2, 0) is 7.05 Å². The molecule has 4 nitrogen and oxygen atoms in total. The summed E-state index contributed by atoms with van der Waals surface area (Å²) in [5.41, 5.74) is 5.78. The normalized spacial score (nSPS) is 41.5. The van der Waals surface area contributed by atoms with Gasteiger partial charge in [0.05, 0.1) is 0 Å². The summed E-state index contributed by atoms with van der Waals surface area (Å²) < 4.78 is 2.38. The third kappa shape index (κ3) is 1.59. The Balaban J connectivity index is 1.62. The smallest absolute Gasteiger partial charge is 0.222 e. The minimum Gasteiger partial charge on any atom is -0.368 e. The summed E-state index contributed by atoms with van der Waals surface area (Å²) in [6, 6.07) is 0. The molecule has 0 saturated heterocycles. The highest BCUT2D eigenvalue weighted by molar-refractivity contribution is 8.00. The van der Waals surface area contributed by atoms with E-state index in [1.54, 1.807) is 0 Å². The maximum atomic E-state index is 5.78. The third-order valence-electron chi connectivity index (χ3n) is 5.16. The van der Waals surface area contributed by atoms with Crippen LogP contribution in [0.25, 0.3) is 0 Å². The standard InChI is InChI=1S/C13H20N4S/c1-17-11(14)15-16-12(17)18-13-5-8-2-9(6-13)4-10(3-8)7-13/h8-10H,2-7H2,1H3,(H2,14,15). The second kappa shape index (κ2) is 3.65. The van der Waals surface area contributed by atoms with Crippen LogP contribution >= 0.6 is 11.8 Å². The highest BCUT2D eigenvalue weighted by Gasteiger charge is 2.51. The molecule has 98 valence electrons. The van der Waals surface area contributed by atoms with E-state index in [-0.39, 0.29) is 0 Å². The number of anilines is 1. The van der Waals surface area contributed by atoms with Crippen molar-refractivity contribution in [2.24, 2.45) is 24.8 Å². The van der Waals surface area contributed by atoms with Gasteiger partial charge in [-0.2, -0.15) is 0 Å². The minimum atomic E-state index is 0.446. The molecule has 1 aromatic heterocycles. The van der Waals surface area contributed by atoms with Crippen LogP contribution in [0.1, 0.15) is 38.5 Å². The van der Waals surface area contributed by atoms with Crippen molar-refractivity contribution in [3.8, 4) is 0 Å². The number of rotatable bonds is 2. The number of hydrogen-bond acceptors (Lipinski definition) is 4. The van der Waals surface area contributed by atoms with Crippen LogP contribution < -0.4 is 5.73 Å². The van der Waals surface area contributed by atoms with Gasteiger partial charge >= 0.3 is 0 Å². The number of hydrogen-bond donors (Lipinski definition) is 1. The number of nitrogens with zero attached hydrogens (tertiary/aromatic N) is 3. The molecule has 0 amide bonds. The summed E-state index contributed by atoms with van der Waals surface area (Å²) >= 11 is 1.96. The van der Waals surface area contributed by atoms with Crippen molar-refractivity contribution in [3.05, 3.63) is 0 Å². The second-order valence-electron chi connectivity index (χ2n) is 6.60. The molecule has 0 unspecified atom stereocenters. The van der Waals surface area contributed by atoms with Crippen molar-refractivity contribution in [2.75, 3.05) is 5.73 Å². The van der Waals surface area contributed by atoms with E-state index in [4.69, 9.17) is 5.73 Å². The van der Waals surface area contributed by atoms with Crippen LogP contribution in [0, 0.1) is 17.8 Å². The van der Waals surface area contributed by atoms with Gasteiger partial charge in [0.2, 0.25) is 5.95 Å². The fourth-order valence-corrected chi connectivity index (χ4v) is 6.42. The molecule has 4 aliphatic carbocycles. The first-order chi connectivity index (χ1) is 8.63. The van der Waals surface area contributed by atoms with Crippen molar-refractivity contribution in [1.29, 1.82) is 0 Å². The predicted octanol–water partition coefficient (Wildman–Crippen LogP) is 2.46. The molecule has 0 aliphatic heterocycles. The fourth-order valence-electron chi connectivity index (χ4n) is 4.76. The van der Waals surface area contributed by atoms with Crippen molar-refractivity contribution < 1.29 is 0 Å². The van der Waals surface area contributed by atoms with Crippen LogP contribution in [0.4, 0.5) is 5.95 Å². The van der Waals surface area contributed by atoms with E-state index in [0.717, 1.165) is 22.9 Å². The molecule has 4 fully saturated rings. The van der Waals surface area contributed by atoms with Crippen LogP contribution in [0.3, 0.4) is 0 Å². The lowest BCUT2D eigenvalue weighted by Gasteiger charge is -2.56. The van der Waals surface area contributed by atoms with Gasteiger partial charge in [-0.05, 0) is 56.3 Å². The first-order valence-corrected chi connectivity index (χ1v) is 7.79. The molecular formula is C13H20N4S. The monoisotopic (exact) mass is 264 g/mol. The Bertz CT molecular complexity index is 446. The van der Waals surface area contributed by atoms with Crippen LogP contribution in [0.5, 0.6) is 0 Å². The SMILES string of the molecule is Cn1c(N)nnc1SC12CC3CC(CC(C3)C1)C2. The van der Waals surface area contributed by atoms with Gasteiger partial charge in [-0.3, -0.25) is 4.57 Å². The Labute approximate surface area is 112 Å². The second-order valence-corrected chi connectivity index (χ2v) is 8.04. The molecule has 5 heteroatoms. The molecule has 0 radical (unpaired) electrons. The van der Waals surface area contributed by atoms with Crippen LogP contribution in [0.15, 0.2) is 5.16 Å². The molecule has 18 heavy (non-hydrogen) atoms. The van der Waals surface area contributed by atoms with Gasteiger partial charge in [0.1, 0.15) is 0 Å². The van der Waals surface area contributed by atoms with Gasteiger partial charge in [-0.1, -0.05) is 11.8 Å². The Kier molecular flexibility index (Phi) is 2.26. The molecule has 0 atom stereocenters. The molecular weight excluding hydrogens is 244 g/mol. The van der Waals surface area contributed by atoms with E-state index < -0.39 is 0 Å². The molecule has 4 aliphatic rings. The van der Waals surface area contributed by atoms with E-state index >= 15 is 0 Å². The van der Waals surface area contributed by atoms with E-state index in [1.807, 2.05) is 23.4 Å². The largest absolute Gasteiger partial charge is 0.368 e. The quantitative estimate of drug-likeness (QED) is 0.891. The summed E-state index contributed by atoms with van der Waals surface area (Å²) in [4.78, 5) is 0. The maximum absolute atomic E-state index is 5.78. The van der Waals surface area contributed by atoms with Gasteiger partial charge in [-0.15, -0.1) is 10.2 Å². The van der Waals surface area contributed by atoms with Crippen molar-refractivity contribution in [1.82, 2.24) is 14.8 Å². The zero-order chi connectivity index (χ0) is 12.3. The highest BCUT2D eigenvalue weighted by Crippen LogP contribution is 2.61. The zero-order valence-corrected chi connectivity index (χ0v) is 11.6. The lowest BCUT2D eigenvalue weighted by molar-refractivity contribution is 0.0382. The molecule has 1 heterocycles. The molecule has 0 aromatic carbocycles. The Morgan fingerprint density at radius 1 is 1.11 bits per heavy atom. The lowest BCUT2D eigenvalue weighted by Crippen LogP contribution is -2.48. The van der Waals surface area contributed by atoms with Crippen molar-refractivity contribution >= 4 is 17.7 Å². The summed E-state index contributed by atoms with van der Waals surface area (Å²) in [5.74, 6) is 3.47. The Morgan fingerprint density at radius 3 is 2.11 bits per heavy atom. The van der Waals surface area contributed by atoms with Gasteiger partial charge < -0.3 is 5.73 Å². The maximum Gasteiger partial charge on any atom is 0.222 e. The zero-order valence-electron chi connectivity index (χ0n) is 10.8. The lowest BCUT2D eigenvalue weighted by atomic mass is 9.56. The van der Waals surface area contributed by atoms with E-state index in [1.165, 1.54) is 38.5 Å². The average Bonchev–Trinajstić information content (AvgIpc) is 2.58. The van der Waals surface area contributed by atoms with Crippen molar-refractivity contribution in [2.45, 2.75) is 48.4 Å². The Hall–Kier alpha value is -0.710. The average molecular weight is 264 g/mol. The summed E-state index contributed by atoms with van der Waals surface area (Å²) in [6.45, 7) is 0. The summed E-state index contributed by atoms with van der Waals surface area (Å²) in [6.07, 6.45) is 8.62. The van der Waals surface area contributed by atoms with E-state index in [9.17, 15) is 0 Å². The molecule has 4 bridgehead atoms. The molecule has 0 spiro atoms. The van der Waals surface area contributed by atoms with Crippen molar-refractivity contribution in [3.63, 3.8) is 0 Å². The van der Waals surface area contributed by atoms with Crippen LogP contribution in [-0.4, -0.2) is 19.5 Å². The molecule has 4 saturated carbocycles. The number of nitrogen functional groups attached to an aromatic ring is 1. The number of aromatic nitrogens is 3. The third-order valence-corrected chi connectivity index (χ3v) is 6.63. The Morgan fingerprint density at radius 2 is 1.67 bits per heavy atom. The fraction of sp³-hybridized carbons (Fsp3) is 0.846. The molecule has 1 aromatic rings. The van der Waals surface area contributed by atoms with Crippen LogP contribution in [0.2, 0.25) is 0 Å². The molecule has 2 N–H and O–H groups in total. The highest BCUT2D eigenvalue weighted by atomic mass is 32.2. The number of nitrogens with two attached hydrogens (primary N) is 1. The topological polar surface area (TPSA) is 56.7 Å². The van der Waals surface area contributed by atoms with Gasteiger partial charge in [0, 0.05) is 11.8 Å². The first-order valence-electron chi connectivity index (χ1n) is 6.97. The van der Waals surface area contributed by atoms with E-state index in [2.05, 4.69) is 10.2 Å².